The number of pyridine rings is 1. The lowest BCUT2D eigenvalue weighted by molar-refractivity contribution is -0.144. The summed E-state index contributed by atoms with van der Waals surface area (Å²) in [5.74, 6) is -2.22. The van der Waals surface area contributed by atoms with E-state index in [9.17, 15) is 18.0 Å². The van der Waals surface area contributed by atoms with E-state index in [0.29, 0.717) is 6.42 Å². The van der Waals surface area contributed by atoms with Gasteiger partial charge in [-0.3, -0.25) is 20.2 Å². The highest BCUT2D eigenvalue weighted by atomic mass is 19.4. The van der Waals surface area contributed by atoms with Crippen molar-refractivity contribution in [1.82, 2.24) is 31.0 Å². The van der Waals surface area contributed by atoms with Crippen LogP contribution in [0.15, 0.2) is 24.5 Å². The van der Waals surface area contributed by atoms with Crippen molar-refractivity contribution in [2.24, 2.45) is 0 Å². The van der Waals surface area contributed by atoms with Crippen LogP contribution in [0.5, 0.6) is 0 Å². The fourth-order valence-corrected chi connectivity index (χ4v) is 2.17. The number of alkyl halides is 3. The first-order valence-corrected chi connectivity index (χ1v) is 6.65. The van der Waals surface area contributed by atoms with E-state index in [1.165, 1.54) is 0 Å². The molecule has 8 nitrogen and oxygen atoms in total. The minimum atomic E-state index is -4.64. The van der Waals surface area contributed by atoms with Gasteiger partial charge in [0.25, 0.3) is 0 Å². The van der Waals surface area contributed by atoms with Gasteiger partial charge in [0.2, 0.25) is 17.7 Å². The number of halogens is 3. The van der Waals surface area contributed by atoms with Crippen molar-refractivity contribution in [3.8, 4) is 0 Å². The summed E-state index contributed by atoms with van der Waals surface area (Å²) in [6, 6.07) is 2.87. The van der Waals surface area contributed by atoms with Gasteiger partial charge in [-0.15, -0.1) is 5.10 Å². The monoisotopic (exact) mass is 327 g/mol. The van der Waals surface area contributed by atoms with Crippen LogP contribution < -0.4 is 16.2 Å². The zero-order chi connectivity index (χ0) is 16.4. The zero-order valence-electron chi connectivity index (χ0n) is 11.6. The van der Waals surface area contributed by atoms with Gasteiger partial charge in [-0.2, -0.15) is 18.2 Å². The van der Waals surface area contributed by atoms with Crippen LogP contribution in [0.2, 0.25) is 0 Å². The van der Waals surface area contributed by atoms with Gasteiger partial charge < -0.3 is 0 Å². The summed E-state index contributed by atoms with van der Waals surface area (Å²) in [5, 5.41) is 7.29. The molecular formula is C12H12F3N7O. The molecule has 0 radical (unpaired) electrons. The number of H-pyrrole nitrogens is 1. The normalized spacial score (nSPS) is 21.3. The highest BCUT2D eigenvalue weighted by molar-refractivity contribution is 5.93. The van der Waals surface area contributed by atoms with Crippen LogP contribution in [0.1, 0.15) is 23.9 Å². The molecule has 23 heavy (non-hydrogen) atoms. The first-order chi connectivity index (χ1) is 10.9. The summed E-state index contributed by atoms with van der Waals surface area (Å²) >= 11 is 0. The molecule has 2 aromatic heterocycles. The number of hydrogen-bond acceptors (Lipinski definition) is 6. The van der Waals surface area contributed by atoms with E-state index in [4.69, 9.17) is 0 Å². The highest BCUT2D eigenvalue weighted by Gasteiger charge is 2.36. The van der Waals surface area contributed by atoms with Crippen LogP contribution in [0, 0.1) is 0 Å². The summed E-state index contributed by atoms with van der Waals surface area (Å²) in [6.45, 7) is 0. The molecule has 0 aliphatic carbocycles. The fraction of sp³-hybridized carbons (Fsp3) is 0.333. The lowest BCUT2D eigenvalue weighted by Gasteiger charge is -2.08. The molecular weight excluding hydrogens is 315 g/mol. The van der Waals surface area contributed by atoms with Gasteiger partial charge in [0.05, 0.1) is 0 Å². The van der Waals surface area contributed by atoms with Crippen LogP contribution in [-0.4, -0.2) is 32.1 Å². The van der Waals surface area contributed by atoms with Crippen LogP contribution >= 0.6 is 0 Å². The molecule has 1 fully saturated rings. The van der Waals surface area contributed by atoms with E-state index in [1.807, 2.05) is 6.07 Å². The molecule has 2 atom stereocenters. The molecule has 2 unspecified atom stereocenters. The first kappa shape index (κ1) is 15.4. The van der Waals surface area contributed by atoms with Crippen molar-refractivity contribution < 1.29 is 18.0 Å². The van der Waals surface area contributed by atoms with E-state index < -0.39 is 29.9 Å². The van der Waals surface area contributed by atoms with Gasteiger partial charge >= 0.3 is 6.18 Å². The number of nitrogens with one attached hydrogen (secondary N) is 4. The number of nitrogens with zero attached hydrogens (tertiary/aromatic N) is 3. The quantitative estimate of drug-likeness (QED) is 0.663. The number of rotatable bonds is 3. The number of amides is 1. The summed E-state index contributed by atoms with van der Waals surface area (Å²) < 4.78 is 37.2. The Bertz CT molecular complexity index is 687. The number of hydrazine groups is 1. The highest BCUT2D eigenvalue weighted by Crippen LogP contribution is 2.26. The Morgan fingerprint density at radius 1 is 1.35 bits per heavy atom. The standard InChI is InChI=1S/C12H12F3N7O/c13-12(14,15)10-18-11(22-21-10)17-9(23)8-4-7(19-20-8)6-2-1-3-16-5-6/h1-3,5,7-8,19-20H,4H2,(H2,17,18,21,22,23). The van der Waals surface area contributed by atoms with Crippen LogP contribution in [-0.2, 0) is 11.0 Å². The third kappa shape index (κ3) is 3.46. The Morgan fingerprint density at radius 3 is 2.83 bits per heavy atom. The second-order valence-corrected chi connectivity index (χ2v) is 4.91. The second kappa shape index (κ2) is 5.93. The summed E-state index contributed by atoms with van der Waals surface area (Å²) in [4.78, 5) is 19.2. The molecule has 122 valence electrons. The minimum Gasteiger partial charge on any atom is -0.292 e. The van der Waals surface area contributed by atoms with E-state index in [1.54, 1.807) is 23.6 Å². The van der Waals surface area contributed by atoms with Gasteiger partial charge in [0.15, 0.2) is 0 Å². The van der Waals surface area contributed by atoms with Gasteiger partial charge in [-0.05, 0) is 18.1 Å². The third-order valence-corrected chi connectivity index (χ3v) is 3.30. The number of hydrogen-bond donors (Lipinski definition) is 4. The number of aromatic amines is 1. The Kier molecular flexibility index (Phi) is 3.96. The van der Waals surface area contributed by atoms with Gasteiger partial charge in [-0.1, -0.05) is 6.07 Å². The molecule has 1 saturated heterocycles. The third-order valence-electron chi connectivity index (χ3n) is 3.30. The number of anilines is 1. The fourth-order valence-electron chi connectivity index (χ4n) is 2.17. The largest absolute Gasteiger partial charge is 0.451 e. The molecule has 0 saturated carbocycles. The van der Waals surface area contributed by atoms with E-state index in [-0.39, 0.29) is 6.04 Å². The van der Waals surface area contributed by atoms with E-state index in [0.717, 1.165) is 5.56 Å². The Labute approximate surface area is 127 Å². The topological polar surface area (TPSA) is 108 Å². The molecule has 0 bridgehead atoms. The Hall–Kier alpha value is -2.53. The maximum Gasteiger partial charge on any atom is 0.451 e. The zero-order valence-corrected chi connectivity index (χ0v) is 11.6. The SMILES string of the molecule is O=C(Nc1n[nH]c(C(F)(F)F)n1)C1CC(c2cccnc2)NN1. The molecule has 11 heteroatoms. The molecule has 4 N–H and O–H groups in total. The maximum atomic E-state index is 12.4. The van der Waals surface area contributed by atoms with Crippen molar-refractivity contribution in [3.63, 3.8) is 0 Å². The van der Waals surface area contributed by atoms with Crippen LogP contribution in [0.25, 0.3) is 0 Å². The average molecular weight is 327 g/mol. The van der Waals surface area contributed by atoms with Crippen LogP contribution in [0.4, 0.5) is 19.1 Å². The lowest BCUT2D eigenvalue weighted by atomic mass is 10.0. The molecule has 1 aliphatic rings. The lowest BCUT2D eigenvalue weighted by Crippen LogP contribution is -2.39. The van der Waals surface area contributed by atoms with Crippen molar-refractivity contribution >= 4 is 11.9 Å². The van der Waals surface area contributed by atoms with Crippen LogP contribution in [0.3, 0.4) is 0 Å². The van der Waals surface area contributed by atoms with E-state index in [2.05, 4.69) is 31.2 Å². The summed E-state index contributed by atoms with van der Waals surface area (Å²) in [7, 11) is 0. The van der Waals surface area contributed by atoms with Gasteiger partial charge in [0, 0.05) is 18.4 Å². The second-order valence-electron chi connectivity index (χ2n) is 4.91. The van der Waals surface area contributed by atoms with Gasteiger partial charge in [0.1, 0.15) is 6.04 Å². The number of carbonyl (C=O) groups is 1. The summed E-state index contributed by atoms with van der Waals surface area (Å²) in [6.07, 6.45) is -0.926. The molecule has 3 heterocycles. The van der Waals surface area contributed by atoms with Crippen molar-refractivity contribution in [2.75, 3.05) is 5.32 Å². The Balaban J connectivity index is 1.60. The van der Waals surface area contributed by atoms with Crippen molar-refractivity contribution in [2.45, 2.75) is 24.7 Å². The molecule has 3 rings (SSSR count). The molecule has 2 aromatic rings. The smallest absolute Gasteiger partial charge is 0.292 e. The molecule has 0 aromatic carbocycles. The number of carbonyl (C=O) groups excluding carboxylic acids is 1. The minimum absolute atomic E-state index is 0.127. The van der Waals surface area contributed by atoms with Gasteiger partial charge in [-0.25, -0.2) is 10.9 Å². The van der Waals surface area contributed by atoms with E-state index >= 15 is 0 Å². The first-order valence-electron chi connectivity index (χ1n) is 6.65. The summed E-state index contributed by atoms with van der Waals surface area (Å²) in [5.41, 5.74) is 6.62. The average Bonchev–Trinajstić information content (AvgIpc) is 3.16. The maximum absolute atomic E-state index is 12.4. The molecule has 1 amide bonds. The molecule has 0 spiro atoms. The number of aromatic nitrogens is 4. The van der Waals surface area contributed by atoms with Crippen molar-refractivity contribution in [3.05, 3.63) is 35.9 Å². The predicted octanol–water partition coefficient (Wildman–Crippen LogP) is 0.765. The molecule has 1 aliphatic heterocycles. The van der Waals surface area contributed by atoms with Crippen molar-refractivity contribution in [1.29, 1.82) is 0 Å². The predicted molar refractivity (Wildman–Crippen MR) is 71.7 cm³/mol. The Morgan fingerprint density at radius 2 is 2.17 bits per heavy atom.